The van der Waals surface area contributed by atoms with Crippen molar-refractivity contribution in [1.29, 1.82) is 0 Å². The van der Waals surface area contributed by atoms with Crippen LogP contribution in [0.25, 0.3) is 11.3 Å². The molecular formula is C24H28N4O2. The van der Waals surface area contributed by atoms with Gasteiger partial charge < -0.3 is 24.9 Å². The predicted octanol–water partition coefficient (Wildman–Crippen LogP) is 4.06. The van der Waals surface area contributed by atoms with Crippen molar-refractivity contribution in [3.8, 4) is 11.3 Å². The van der Waals surface area contributed by atoms with Crippen LogP contribution in [0, 0.1) is 0 Å². The molecule has 1 fully saturated rings. The zero-order valence-electron chi connectivity index (χ0n) is 17.7. The van der Waals surface area contributed by atoms with E-state index in [-0.39, 0.29) is 5.91 Å². The van der Waals surface area contributed by atoms with E-state index in [2.05, 4.69) is 15.5 Å². The summed E-state index contributed by atoms with van der Waals surface area (Å²) in [6.07, 6.45) is 1.15. The van der Waals surface area contributed by atoms with E-state index in [1.54, 1.807) is 6.07 Å². The number of nitrogens with zero attached hydrogens (tertiary/aromatic N) is 2. The van der Waals surface area contributed by atoms with Crippen LogP contribution in [0.2, 0.25) is 0 Å². The van der Waals surface area contributed by atoms with Gasteiger partial charge in [0.1, 0.15) is 5.76 Å². The van der Waals surface area contributed by atoms with Crippen LogP contribution < -0.4 is 20.4 Å². The fraction of sp³-hybridized carbons (Fsp3) is 0.292. The summed E-state index contributed by atoms with van der Waals surface area (Å²) in [4.78, 5) is 17.0. The van der Waals surface area contributed by atoms with E-state index in [0.717, 1.165) is 36.4 Å². The molecule has 1 aliphatic rings. The number of amides is 1. The van der Waals surface area contributed by atoms with Crippen LogP contribution in [0.1, 0.15) is 17.0 Å². The number of hydrogen-bond acceptors (Lipinski definition) is 5. The van der Waals surface area contributed by atoms with Crippen LogP contribution in [0.3, 0.4) is 0 Å². The Morgan fingerprint density at radius 1 is 1.03 bits per heavy atom. The van der Waals surface area contributed by atoms with Crippen LogP contribution in [-0.4, -0.2) is 46.2 Å². The molecule has 1 aromatic heterocycles. The normalized spacial score (nSPS) is 16.0. The van der Waals surface area contributed by atoms with E-state index >= 15 is 0 Å². The lowest BCUT2D eigenvalue weighted by Crippen LogP contribution is -2.29. The second-order valence-corrected chi connectivity index (χ2v) is 7.83. The molecule has 6 heteroatoms. The van der Waals surface area contributed by atoms with Crippen LogP contribution in [0.4, 0.5) is 17.1 Å². The molecule has 0 saturated carbocycles. The molecule has 2 aromatic carbocycles. The lowest BCUT2D eigenvalue weighted by Gasteiger charge is -2.19. The maximum Gasteiger partial charge on any atom is 0.291 e. The van der Waals surface area contributed by atoms with E-state index in [1.807, 2.05) is 80.6 Å². The number of carbonyl (C=O) groups excluding carboxylic acids is 1. The monoisotopic (exact) mass is 404 g/mol. The highest BCUT2D eigenvalue weighted by Gasteiger charge is 2.21. The Morgan fingerprint density at radius 3 is 2.40 bits per heavy atom. The number of nitrogens with one attached hydrogen (secondary N) is 2. The van der Waals surface area contributed by atoms with Gasteiger partial charge in [-0.1, -0.05) is 0 Å². The summed E-state index contributed by atoms with van der Waals surface area (Å²) in [5.41, 5.74) is 3.98. The SMILES string of the molecule is CNC1CCN(c2ccc(NC(=O)c3ccc(-c4ccc(N(C)C)cc4)o3)cc2)C1. The molecular weight excluding hydrogens is 376 g/mol. The molecule has 0 bridgehead atoms. The largest absolute Gasteiger partial charge is 0.451 e. The first-order chi connectivity index (χ1) is 14.5. The molecule has 6 nitrogen and oxygen atoms in total. The Morgan fingerprint density at radius 2 is 1.77 bits per heavy atom. The van der Waals surface area contributed by atoms with Crippen LogP contribution in [0.5, 0.6) is 0 Å². The van der Waals surface area contributed by atoms with Crippen molar-refractivity contribution in [2.75, 3.05) is 49.3 Å². The van der Waals surface area contributed by atoms with Gasteiger partial charge in [0.2, 0.25) is 0 Å². The molecule has 156 valence electrons. The molecule has 30 heavy (non-hydrogen) atoms. The zero-order valence-corrected chi connectivity index (χ0v) is 17.7. The fourth-order valence-corrected chi connectivity index (χ4v) is 3.72. The number of carbonyl (C=O) groups is 1. The van der Waals surface area contributed by atoms with Crippen molar-refractivity contribution in [2.24, 2.45) is 0 Å². The van der Waals surface area contributed by atoms with Gasteiger partial charge in [0, 0.05) is 55.9 Å². The van der Waals surface area contributed by atoms with Crippen LogP contribution in [0.15, 0.2) is 65.1 Å². The minimum absolute atomic E-state index is 0.254. The van der Waals surface area contributed by atoms with Crippen molar-refractivity contribution in [2.45, 2.75) is 12.5 Å². The predicted molar refractivity (Wildman–Crippen MR) is 123 cm³/mol. The second kappa shape index (κ2) is 8.63. The van der Waals surface area contributed by atoms with Crippen molar-refractivity contribution in [1.82, 2.24) is 5.32 Å². The minimum atomic E-state index is -0.254. The molecule has 4 rings (SSSR count). The van der Waals surface area contributed by atoms with Crippen LogP contribution in [-0.2, 0) is 0 Å². The molecule has 1 aliphatic heterocycles. The summed E-state index contributed by atoms with van der Waals surface area (Å²) >= 11 is 0. The van der Waals surface area contributed by atoms with Gasteiger partial charge in [-0.15, -0.1) is 0 Å². The minimum Gasteiger partial charge on any atom is -0.451 e. The zero-order chi connectivity index (χ0) is 21.1. The van der Waals surface area contributed by atoms with Gasteiger partial charge in [-0.25, -0.2) is 0 Å². The molecule has 2 heterocycles. The number of hydrogen-bond donors (Lipinski definition) is 2. The van der Waals surface area contributed by atoms with Crippen LogP contribution >= 0.6 is 0 Å². The molecule has 0 aliphatic carbocycles. The lowest BCUT2D eigenvalue weighted by atomic mass is 10.1. The first-order valence-corrected chi connectivity index (χ1v) is 10.2. The first kappa shape index (κ1) is 20.0. The molecule has 0 spiro atoms. The van der Waals surface area contributed by atoms with Crippen molar-refractivity contribution >= 4 is 23.0 Å². The van der Waals surface area contributed by atoms with E-state index in [1.165, 1.54) is 5.69 Å². The first-order valence-electron chi connectivity index (χ1n) is 10.2. The highest BCUT2D eigenvalue weighted by atomic mass is 16.3. The molecule has 1 unspecified atom stereocenters. The number of furan rings is 1. The maximum atomic E-state index is 12.6. The standard InChI is InChI=1S/C24H28N4O2/c1-25-19-14-15-28(16-19)21-10-6-18(7-11-21)26-24(29)23-13-12-22(30-23)17-4-8-20(9-5-17)27(2)3/h4-13,19,25H,14-16H2,1-3H3,(H,26,29). The van der Waals surface area contributed by atoms with E-state index in [4.69, 9.17) is 4.42 Å². The summed E-state index contributed by atoms with van der Waals surface area (Å²) in [5.74, 6) is 0.714. The molecule has 1 atom stereocenters. The van der Waals surface area contributed by atoms with Crippen molar-refractivity contribution < 1.29 is 9.21 Å². The fourth-order valence-electron chi connectivity index (χ4n) is 3.72. The topological polar surface area (TPSA) is 60.8 Å². The summed E-state index contributed by atoms with van der Waals surface area (Å²) in [6.45, 7) is 2.05. The summed E-state index contributed by atoms with van der Waals surface area (Å²) < 4.78 is 5.79. The molecule has 1 amide bonds. The number of anilines is 3. The summed E-state index contributed by atoms with van der Waals surface area (Å²) in [7, 11) is 6.01. The summed E-state index contributed by atoms with van der Waals surface area (Å²) in [6, 6.07) is 20.1. The van der Waals surface area contributed by atoms with Gasteiger partial charge in [-0.3, -0.25) is 4.79 Å². The third-order valence-electron chi connectivity index (χ3n) is 5.58. The quantitative estimate of drug-likeness (QED) is 0.649. The van der Waals surface area contributed by atoms with E-state index < -0.39 is 0 Å². The highest BCUT2D eigenvalue weighted by molar-refractivity contribution is 6.02. The third-order valence-corrected chi connectivity index (χ3v) is 5.58. The average Bonchev–Trinajstić information content (AvgIpc) is 3.44. The van der Waals surface area contributed by atoms with Gasteiger partial charge in [-0.05, 0) is 74.1 Å². The molecule has 1 saturated heterocycles. The van der Waals surface area contributed by atoms with Gasteiger partial charge >= 0.3 is 0 Å². The maximum absolute atomic E-state index is 12.6. The third kappa shape index (κ3) is 4.33. The Balaban J connectivity index is 1.39. The Kier molecular flexibility index (Phi) is 5.77. The van der Waals surface area contributed by atoms with E-state index in [9.17, 15) is 4.79 Å². The second-order valence-electron chi connectivity index (χ2n) is 7.83. The molecule has 0 radical (unpaired) electrons. The number of benzene rings is 2. The lowest BCUT2D eigenvalue weighted by molar-refractivity contribution is 0.0997. The Bertz CT molecular complexity index is 993. The smallest absolute Gasteiger partial charge is 0.291 e. The van der Waals surface area contributed by atoms with Gasteiger partial charge in [-0.2, -0.15) is 0 Å². The highest BCUT2D eigenvalue weighted by Crippen LogP contribution is 2.26. The molecule has 2 N–H and O–H groups in total. The van der Waals surface area contributed by atoms with Crippen molar-refractivity contribution in [3.05, 3.63) is 66.4 Å². The number of likely N-dealkylation sites (N-methyl/N-ethyl adjacent to an activating group) is 1. The number of rotatable bonds is 6. The van der Waals surface area contributed by atoms with Crippen molar-refractivity contribution in [3.63, 3.8) is 0 Å². The van der Waals surface area contributed by atoms with E-state index in [0.29, 0.717) is 17.6 Å². The summed E-state index contributed by atoms with van der Waals surface area (Å²) in [5, 5.41) is 6.24. The average molecular weight is 405 g/mol. The Hall–Kier alpha value is -3.25. The van der Waals surface area contributed by atoms with Gasteiger partial charge in [0.25, 0.3) is 5.91 Å². The van der Waals surface area contributed by atoms with Gasteiger partial charge in [0.05, 0.1) is 0 Å². The van der Waals surface area contributed by atoms with Gasteiger partial charge in [0.15, 0.2) is 5.76 Å². The molecule has 3 aromatic rings. The Labute approximate surface area is 177 Å².